The Hall–Kier alpha value is -0.870. The van der Waals surface area contributed by atoms with Crippen LogP contribution in [0.3, 0.4) is 0 Å². The predicted octanol–water partition coefficient (Wildman–Crippen LogP) is 2.37. The molecule has 0 fully saturated rings. The fourth-order valence-electron chi connectivity index (χ4n) is 1.48. The van der Waals surface area contributed by atoms with E-state index in [1.165, 1.54) is 0 Å². The van der Waals surface area contributed by atoms with Gasteiger partial charge in [0.2, 0.25) is 0 Å². The van der Waals surface area contributed by atoms with Gasteiger partial charge in [-0.1, -0.05) is 25.4 Å². The number of anilines is 1. The number of hydrogen-bond donors (Lipinski definition) is 0. The van der Waals surface area contributed by atoms with E-state index in [-0.39, 0.29) is 0 Å². The van der Waals surface area contributed by atoms with Gasteiger partial charge in [0.15, 0.2) is 5.82 Å². The van der Waals surface area contributed by atoms with Crippen molar-refractivity contribution in [3.8, 4) is 0 Å². The van der Waals surface area contributed by atoms with Gasteiger partial charge in [-0.25, -0.2) is 9.97 Å². The zero-order valence-electron chi connectivity index (χ0n) is 10.2. The van der Waals surface area contributed by atoms with Crippen LogP contribution in [0.4, 0.5) is 5.82 Å². The van der Waals surface area contributed by atoms with Crippen molar-refractivity contribution in [3.05, 3.63) is 17.0 Å². The Labute approximate surface area is 102 Å². The molecule has 0 atom stereocenters. The Bertz CT molecular complexity index is 344. The van der Waals surface area contributed by atoms with Crippen LogP contribution >= 0.6 is 11.6 Å². The number of rotatable bonds is 5. The molecule has 0 N–H and O–H groups in total. The van der Waals surface area contributed by atoms with Crippen molar-refractivity contribution in [1.29, 1.82) is 0 Å². The summed E-state index contributed by atoms with van der Waals surface area (Å²) in [5.74, 6) is 2.02. The first-order valence-electron chi connectivity index (χ1n) is 5.26. The largest absolute Gasteiger partial charge is 0.377 e. The third-order valence-corrected chi connectivity index (χ3v) is 2.22. The molecule has 0 saturated carbocycles. The van der Waals surface area contributed by atoms with Gasteiger partial charge in [0, 0.05) is 26.8 Å². The molecule has 1 heterocycles. The van der Waals surface area contributed by atoms with E-state index < -0.39 is 0 Å². The van der Waals surface area contributed by atoms with Crippen molar-refractivity contribution < 1.29 is 4.74 Å². The lowest BCUT2D eigenvalue weighted by Crippen LogP contribution is -2.24. The zero-order chi connectivity index (χ0) is 12.1. The van der Waals surface area contributed by atoms with E-state index in [1.807, 2.05) is 7.05 Å². The number of hydrogen-bond acceptors (Lipinski definition) is 4. The molecule has 16 heavy (non-hydrogen) atoms. The highest BCUT2D eigenvalue weighted by Gasteiger charge is 2.08. The molecule has 0 aliphatic rings. The van der Waals surface area contributed by atoms with Crippen molar-refractivity contribution in [2.24, 2.45) is 5.92 Å². The summed E-state index contributed by atoms with van der Waals surface area (Å²) in [6, 6.07) is 1.77. The van der Waals surface area contributed by atoms with Crippen LogP contribution in [-0.4, -0.2) is 30.7 Å². The highest BCUT2D eigenvalue weighted by atomic mass is 35.5. The molecule has 0 unspecified atom stereocenters. The summed E-state index contributed by atoms with van der Waals surface area (Å²) in [5.41, 5.74) is 0. The monoisotopic (exact) mass is 243 g/mol. The van der Waals surface area contributed by atoms with Crippen LogP contribution in [0.5, 0.6) is 0 Å². The average molecular weight is 244 g/mol. The molecule has 0 saturated heterocycles. The summed E-state index contributed by atoms with van der Waals surface area (Å²) in [7, 11) is 3.61. The van der Waals surface area contributed by atoms with Gasteiger partial charge in [-0.2, -0.15) is 0 Å². The van der Waals surface area contributed by atoms with Gasteiger partial charge in [-0.3, -0.25) is 0 Å². The van der Waals surface area contributed by atoms with Crippen molar-refractivity contribution in [2.45, 2.75) is 20.5 Å². The van der Waals surface area contributed by atoms with Gasteiger partial charge in [-0.05, 0) is 5.92 Å². The quantitative estimate of drug-likeness (QED) is 0.745. The van der Waals surface area contributed by atoms with Crippen LogP contribution in [0, 0.1) is 5.92 Å². The second kappa shape index (κ2) is 6.01. The van der Waals surface area contributed by atoms with Gasteiger partial charge in [0.1, 0.15) is 17.6 Å². The summed E-state index contributed by atoms with van der Waals surface area (Å²) in [4.78, 5) is 10.5. The van der Waals surface area contributed by atoms with Gasteiger partial charge in [0.25, 0.3) is 0 Å². The van der Waals surface area contributed by atoms with Gasteiger partial charge in [0.05, 0.1) is 0 Å². The molecular weight excluding hydrogens is 226 g/mol. The lowest BCUT2D eigenvalue weighted by Gasteiger charge is -2.20. The highest BCUT2D eigenvalue weighted by molar-refractivity contribution is 6.29. The van der Waals surface area contributed by atoms with Crippen LogP contribution in [0.15, 0.2) is 6.07 Å². The zero-order valence-corrected chi connectivity index (χ0v) is 11.0. The molecule has 0 aliphatic carbocycles. The molecule has 0 amide bonds. The molecule has 90 valence electrons. The predicted molar refractivity (Wildman–Crippen MR) is 65.9 cm³/mol. The van der Waals surface area contributed by atoms with Crippen LogP contribution in [0.25, 0.3) is 0 Å². The van der Waals surface area contributed by atoms with Crippen LogP contribution < -0.4 is 4.90 Å². The van der Waals surface area contributed by atoms with Crippen molar-refractivity contribution in [3.63, 3.8) is 0 Å². The van der Waals surface area contributed by atoms with Gasteiger partial charge in [-0.15, -0.1) is 0 Å². The lowest BCUT2D eigenvalue weighted by molar-refractivity contribution is 0.178. The van der Waals surface area contributed by atoms with E-state index in [4.69, 9.17) is 16.3 Å². The fourth-order valence-corrected chi connectivity index (χ4v) is 1.68. The molecule has 0 aromatic carbocycles. The molecule has 0 spiro atoms. The Morgan fingerprint density at radius 2 is 2.12 bits per heavy atom. The van der Waals surface area contributed by atoms with Crippen molar-refractivity contribution >= 4 is 17.4 Å². The third kappa shape index (κ3) is 3.94. The minimum Gasteiger partial charge on any atom is -0.377 e. The SMILES string of the molecule is COCc1nc(Cl)cc(N(C)CC(C)C)n1. The molecule has 0 aliphatic heterocycles. The first-order valence-corrected chi connectivity index (χ1v) is 5.64. The average Bonchev–Trinajstić information content (AvgIpc) is 2.16. The summed E-state index contributed by atoms with van der Waals surface area (Å²) < 4.78 is 5.00. The Balaban J connectivity index is 2.86. The first kappa shape index (κ1) is 13.2. The molecule has 1 aromatic heterocycles. The minimum absolute atomic E-state index is 0.378. The molecule has 1 rings (SSSR count). The highest BCUT2D eigenvalue weighted by Crippen LogP contribution is 2.16. The maximum Gasteiger partial charge on any atom is 0.158 e. The number of aromatic nitrogens is 2. The normalized spacial score (nSPS) is 10.9. The standard InChI is InChI=1S/C11H18ClN3O/c1-8(2)6-15(3)11-5-9(12)13-10(14-11)7-16-4/h5,8H,6-7H2,1-4H3. The van der Waals surface area contributed by atoms with Gasteiger partial charge < -0.3 is 9.64 Å². The van der Waals surface area contributed by atoms with E-state index in [0.29, 0.717) is 23.5 Å². The molecule has 0 bridgehead atoms. The maximum atomic E-state index is 5.93. The van der Waals surface area contributed by atoms with E-state index in [0.717, 1.165) is 12.4 Å². The van der Waals surface area contributed by atoms with Crippen LogP contribution in [0.1, 0.15) is 19.7 Å². The van der Waals surface area contributed by atoms with Crippen molar-refractivity contribution in [2.75, 3.05) is 25.6 Å². The Morgan fingerprint density at radius 1 is 1.44 bits per heavy atom. The number of methoxy groups -OCH3 is 1. The number of ether oxygens (including phenoxy) is 1. The van der Waals surface area contributed by atoms with Crippen molar-refractivity contribution in [1.82, 2.24) is 9.97 Å². The second-order valence-corrected chi connectivity index (χ2v) is 4.56. The molecule has 5 heteroatoms. The summed E-state index contributed by atoms with van der Waals surface area (Å²) in [6.07, 6.45) is 0. The smallest absolute Gasteiger partial charge is 0.158 e. The molecule has 4 nitrogen and oxygen atoms in total. The maximum absolute atomic E-state index is 5.93. The van der Waals surface area contributed by atoms with E-state index in [9.17, 15) is 0 Å². The van der Waals surface area contributed by atoms with Crippen LogP contribution in [0.2, 0.25) is 5.15 Å². The molecular formula is C11H18ClN3O. The fraction of sp³-hybridized carbons (Fsp3) is 0.636. The topological polar surface area (TPSA) is 38.2 Å². The third-order valence-electron chi connectivity index (χ3n) is 2.03. The molecule has 1 aromatic rings. The minimum atomic E-state index is 0.378. The molecule has 0 radical (unpaired) electrons. The van der Waals surface area contributed by atoms with E-state index in [2.05, 4.69) is 28.7 Å². The Kier molecular flexibility index (Phi) is 4.96. The van der Waals surface area contributed by atoms with E-state index in [1.54, 1.807) is 13.2 Å². The number of halogens is 1. The summed E-state index contributed by atoms with van der Waals surface area (Å²) >= 11 is 5.93. The summed E-state index contributed by atoms with van der Waals surface area (Å²) in [5, 5.41) is 0.452. The van der Waals surface area contributed by atoms with E-state index >= 15 is 0 Å². The van der Waals surface area contributed by atoms with Gasteiger partial charge >= 0.3 is 0 Å². The lowest BCUT2D eigenvalue weighted by atomic mass is 10.2. The first-order chi connectivity index (χ1) is 7.52. The second-order valence-electron chi connectivity index (χ2n) is 4.17. The summed E-state index contributed by atoms with van der Waals surface area (Å²) in [6.45, 7) is 5.63. The Morgan fingerprint density at radius 3 is 2.69 bits per heavy atom. The van der Waals surface area contributed by atoms with Crippen LogP contribution in [-0.2, 0) is 11.3 Å². The number of nitrogens with zero attached hydrogens (tertiary/aromatic N) is 3.